The van der Waals surface area contributed by atoms with Crippen LogP contribution in [0.1, 0.15) is 31.2 Å². The zero-order chi connectivity index (χ0) is 12.8. The lowest BCUT2D eigenvalue weighted by Gasteiger charge is -2.26. The van der Waals surface area contributed by atoms with Crippen molar-refractivity contribution in [1.29, 1.82) is 5.26 Å². The van der Waals surface area contributed by atoms with Gasteiger partial charge in [0.2, 0.25) is 5.88 Å². The van der Waals surface area contributed by atoms with Gasteiger partial charge in [0.15, 0.2) is 0 Å². The van der Waals surface area contributed by atoms with E-state index < -0.39 is 0 Å². The number of ether oxygens (including phenoxy) is 1. The maximum atomic E-state index is 8.96. The molecule has 96 valence electrons. The van der Waals surface area contributed by atoms with E-state index in [-0.39, 0.29) is 0 Å². The smallest absolute Gasteiger partial charge is 0.217 e. The molecule has 0 radical (unpaired) electrons. The summed E-state index contributed by atoms with van der Waals surface area (Å²) in [6, 6.07) is 6.74. The van der Waals surface area contributed by atoms with Crippen molar-refractivity contribution in [2.24, 2.45) is 0 Å². The normalized spacial score (nSPS) is 15.8. The molecule has 0 aliphatic heterocycles. The lowest BCUT2D eigenvalue weighted by molar-refractivity contribution is 0.210. The topological polar surface area (TPSA) is 49.1 Å². The second-order valence-corrected chi connectivity index (χ2v) is 4.67. The molecule has 1 aromatic rings. The van der Waals surface area contributed by atoms with Crippen LogP contribution in [0.25, 0.3) is 0 Å². The third kappa shape index (κ3) is 2.99. The molecule has 0 N–H and O–H groups in total. The highest BCUT2D eigenvalue weighted by Crippen LogP contribution is 2.26. The van der Waals surface area contributed by atoms with E-state index in [0.29, 0.717) is 18.5 Å². The number of aromatic nitrogens is 1. The molecule has 0 aromatic carbocycles. The Morgan fingerprint density at radius 1 is 1.50 bits per heavy atom. The molecule has 1 aliphatic rings. The van der Waals surface area contributed by atoms with Gasteiger partial charge in [-0.2, -0.15) is 5.26 Å². The molecule has 0 unspecified atom stereocenters. The van der Waals surface area contributed by atoms with Crippen molar-refractivity contribution in [2.75, 3.05) is 13.7 Å². The van der Waals surface area contributed by atoms with E-state index in [2.05, 4.69) is 16.0 Å². The summed E-state index contributed by atoms with van der Waals surface area (Å²) in [6.07, 6.45) is 6.68. The van der Waals surface area contributed by atoms with E-state index >= 15 is 0 Å². The largest absolute Gasteiger partial charge is 0.481 e. The minimum absolute atomic E-state index is 0.475. The number of rotatable bonds is 5. The van der Waals surface area contributed by atoms with Crippen LogP contribution in [0.2, 0.25) is 0 Å². The molecule has 0 bridgehead atoms. The van der Waals surface area contributed by atoms with Crippen LogP contribution in [0.5, 0.6) is 5.88 Å². The minimum Gasteiger partial charge on any atom is -0.481 e. The van der Waals surface area contributed by atoms with Crippen LogP contribution in [-0.2, 0) is 6.54 Å². The summed E-state index contributed by atoms with van der Waals surface area (Å²) in [6.45, 7) is 1.22. The molecule has 0 amide bonds. The molecule has 1 aromatic heterocycles. The van der Waals surface area contributed by atoms with Gasteiger partial charge in [-0.3, -0.25) is 4.90 Å². The fraction of sp³-hybridized carbons (Fsp3) is 0.571. The summed E-state index contributed by atoms with van der Waals surface area (Å²) >= 11 is 0. The third-order valence-corrected chi connectivity index (χ3v) is 3.53. The Kier molecular flexibility index (Phi) is 4.54. The highest BCUT2D eigenvalue weighted by molar-refractivity contribution is 5.25. The van der Waals surface area contributed by atoms with E-state index in [1.54, 1.807) is 13.3 Å². The molecular weight excluding hydrogens is 226 g/mol. The highest BCUT2D eigenvalue weighted by Gasteiger charge is 2.23. The van der Waals surface area contributed by atoms with Crippen molar-refractivity contribution < 1.29 is 4.74 Å². The molecule has 4 nitrogen and oxygen atoms in total. The number of nitrogens with zero attached hydrogens (tertiary/aromatic N) is 3. The summed E-state index contributed by atoms with van der Waals surface area (Å²) in [7, 11) is 1.63. The first-order valence-corrected chi connectivity index (χ1v) is 6.44. The minimum atomic E-state index is 0.475. The Morgan fingerprint density at radius 2 is 2.28 bits per heavy atom. The summed E-state index contributed by atoms with van der Waals surface area (Å²) < 4.78 is 5.27. The molecular formula is C14H19N3O. The van der Waals surface area contributed by atoms with Gasteiger partial charge < -0.3 is 4.74 Å². The highest BCUT2D eigenvalue weighted by atomic mass is 16.5. The molecule has 1 fully saturated rings. The van der Waals surface area contributed by atoms with Crippen LogP contribution < -0.4 is 4.74 Å². The summed E-state index contributed by atoms with van der Waals surface area (Å²) in [5.41, 5.74) is 1.06. The van der Waals surface area contributed by atoms with Gasteiger partial charge in [0.25, 0.3) is 0 Å². The fourth-order valence-electron chi connectivity index (χ4n) is 2.62. The zero-order valence-corrected chi connectivity index (χ0v) is 10.8. The Balaban J connectivity index is 2.10. The predicted octanol–water partition coefficient (Wildman–Crippen LogP) is 2.36. The monoisotopic (exact) mass is 245 g/mol. The van der Waals surface area contributed by atoms with Crippen LogP contribution in [0.4, 0.5) is 0 Å². The molecule has 0 saturated heterocycles. The van der Waals surface area contributed by atoms with Crippen molar-refractivity contribution in [2.45, 2.75) is 38.3 Å². The number of hydrogen-bond acceptors (Lipinski definition) is 4. The lowest BCUT2D eigenvalue weighted by atomic mass is 10.1. The molecule has 18 heavy (non-hydrogen) atoms. The molecule has 0 atom stereocenters. The number of nitriles is 1. The summed E-state index contributed by atoms with van der Waals surface area (Å²) in [5, 5.41) is 8.96. The van der Waals surface area contributed by atoms with Crippen LogP contribution >= 0.6 is 0 Å². The summed E-state index contributed by atoms with van der Waals surface area (Å²) in [5.74, 6) is 0.665. The van der Waals surface area contributed by atoms with Gasteiger partial charge in [0, 0.05) is 24.3 Å². The average Bonchev–Trinajstić information content (AvgIpc) is 2.92. The van der Waals surface area contributed by atoms with Gasteiger partial charge in [-0.1, -0.05) is 18.9 Å². The molecule has 1 aliphatic carbocycles. The number of hydrogen-bond donors (Lipinski definition) is 0. The van der Waals surface area contributed by atoms with E-state index in [0.717, 1.165) is 12.1 Å². The predicted molar refractivity (Wildman–Crippen MR) is 69.1 cm³/mol. The maximum Gasteiger partial charge on any atom is 0.217 e. The van der Waals surface area contributed by atoms with Gasteiger partial charge in [-0.15, -0.1) is 0 Å². The quantitative estimate of drug-likeness (QED) is 0.747. The van der Waals surface area contributed by atoms with Gasteiger partial charge in [0.05, 0.1) is 19.7 Å². The standard InChI is InChI=1S/C14H19N3O/c1-18-14-12(5-4-9-16-14)11-17(10-8-15)13-6-2-3-7-13/h4-5,9,13H,2-3,6-7,10-11H2,1H3. The van der Waals surface area contributed by atoms with Crippen molar-refractivity contribution in [3.8, 4) is 11.9 Å². The maximum absolute atomic E-state index is 8.96. The Morgan fingerprint density at radius 3 is 2.94 bits per heavy atom. The Bertz CT molecular complexity index is 421. The number of methoxy groups -OCH3 is 1. The molecule has 1 heterocycles. The first-order chi connectivity index (χ1) is 8.85. The van der Waals surface area contributed by atoms with Crippen molar-refractivity contribution >= 4 is 0 Å². The first kappa shape index (κ1) is 12.8. The molecule has 1 saturated carbocycles. The van der Waals surface area contributed by atoms with Crippen LogP contribution in [0.15, 0.2) is 18.3 Å². The average molecular weight is 245 g/mol. The number of pyridine rings is 1. The van der Waals surface area contributed by atoms with Crippen LogP contribution in [0.3, 0.4) is 0 Å². The van der Waals surface area contributed by atoms with Gasteiger partial charge in [-0.25, -0.2) is 4.98 Å². The van der Waals surface area contributed by atoms with Crippen molar-refractivity contribution in [3.05, 3.63) is 23.9 Å². The van der Waals surface area contributed by atoms with E-state index in [4.69, 9.17) is 10.00 Å². The fourth-order valence-corrected chi connectivity index (χ4v) is 2.62. The summed E-state index contributed by atoms with van der Waals surface area (Å²) in [4.78, 5) is 6.45. The Hall–Kier alpha value is -1.60. The Labute approximate surface area is 108 Å². The van der Waals surface area contributed by atoms with E-state index in [1.165, 1.54) is 25.7 Å². The first-order valence-electron chi connectivity index (χ1n) is 6.44. The van der Waals surface area contributed by atoms with E-state index in [1.807, 2.05) is 12.1 Å². The molecule has 4 heteroatoms. The second-order valence-electron chi connectivity index (χ2n) is 4.67. The lowest BCUT2D eigenvalue weighted by Crippen LogP contribution is -2.33. The van der Waals surface area contributed by atoms with Crippen LogP contribution in [-0.4, -0.2) is 29.6 Å². The van der Waals surface area contributed by atoms with Gasteiger partial charge >= 0.3 is 0 Å². The van der Waals surface area contributed by atoms with Crippen molar-refractivity contribution in [3.63, 3.8) is 0 Å². The van der Waals surface area contributed by atoms with Crippen LogP contribution in [0, 0.1) is 11.3 Å². The SMILES string of the molecule is COc1ncccc1CN(CC#N)C1CCCC1. The third-order valence-electron chi connectivity index (χ3n) is 3.53. The van der Waals surface area contributed by atoms with Crippen molar-refractivity contribution in [1.82, 2.24) is 9.88 Å². The van der Waals surface area contributed by atoms with Gasteiger partial charge in [-0.05, 0) is 18.9 Å². The van der Waals surface area contributed by atoms with Gasteiger partial charge in [0.1, 0.15) is 0 Å². The van der Waals surface area contributed by atoms with E-state index in [9.17, 15) is 0 Å². The zero-order valence-electron chi connectivity index (χ0n) is 10.8. The molecule has 0 spiro atoms. The second kappa shape index (κ2) is 6.36. The molecule has 2 rings (SSSR count).